The van der Waals surface area contributed by atoms with Gasteiger partial charge in [0.05, 0.1) is 16.5 Å². The Balaban J connectivity index is 0.000000525. The quantitative estimate of drug-likeness (QED) is 0.293. The highest BCUT2D eigenvalue weighted by Gasteiger charge is 2.35. The molecule has 2 rings (SSSR count). The fourth-order valence-electron chi connectivity index (χ4n) is 4.37. The molecule has 0 fully saturated rings. The van der Waals surface area contributed by atoms with Crippen LogP contribution in [0.2, 0.25) is 10.0 Å². The van der Waals surface area contributed by atoms with E-state index in [1.54, 1.807) is 13.0 Å². The second kappa shape index (κ2) is 16.0. The zero-order valence-electron chi connectivity index (χ0n) is 23.3. The summed E-state index contributed by atoms with van der Waals surface area (Å²) in [6, 6.07) is 10.3. The zero-order valence-corrected chi connectivity index (χ0v) is 24.8. The molecule has 0 saturated heterocycles. The Morgan fingerprint density at radius 1 is 0.946 bits per heavy atom. The molecule has 0 saturated carbocycles. The SMILES string of the molecule is CCCC(C)(C(=O)NC(C)c1ccc(Cl)c(F)c1)c1ccc(Cl)c(C)c1.CCCC(CCC)NC(C)=O. The van der Waals surface area contributed by atoms with E-state index in [0.717, 1.165) is 43.2 Å². The van der Waals surface area contributed by atoms with Gasteiger partial charge < -0.3 is 10.6 Å². The van der Waals surface area contributed by atoms with E-state index < -0.39 is 11.2 Å². The van der Waals surface area contributed by atoms with Crippen LogP contribution in [0.3, 0.4) is 0 Å². The molecule has 2 unspecified atom stereocenters. The summed E-state index contributed by atoms with van der Waals surface area (Å²) in [5.41, 5.74) is 1.84. The van der Waals surface area contributed by atoms with Crippen LogP contribution < -0.4 is 10.6 Å². The first-order valence-electron chi connectivity index (χ1n) is 13.2. The van der Waals surface area contributed by atoms with E-state index >= 15 is 0 Å². The smallest absolute Gasteiger partial charge is 0.230 e. The summed E-state index contributed by atoms with van der Waals surface area (Å²) in [4.78, 5) is 23.8. The highest BCUT2D eigenvalue weighted by molar-refractivity contribution is 6.31. The molecule has 2 aromatic carbocycles. The molecule has 0 bridgehead atoms. The van der Waals surface area contributed by atoms with Crippen LogP contribution >= 0.6 is 23.2 Å². The highest BCUT2D eigenvalue weighted by Crippen LogP contribution is 2.33. The van der Waals surface area contributed by atoms with Crippen LogP contribution in [0.5, 0.6) is 0 Å². The second-order valence-corrected chi connectivity index (χ2v) is 10.7. The average molecular weight is 554 g/mol. The van der Waals surface area contributed by atoms with Crippen molar-refractivity contribution in [2.24, 2.45) is 0 Å². The predicted octanol–water partition coefficient (Wildman–Crippen LogP) is 8.47. The maximum absolute atomic E-state index is 13.7. The standard InChI is InChI=1S/C21H24Cl2FNO.C9H19NO/c1-5-10-21(4,16-7-9-17(22)13(2)11-16)20(26)25-14(3)15-6-8-18(23)19(24)12-15;1-4-6-9(7-5-2)10-8(3)11/h6-9,11-12,14H,5,10H2,1-4H3,(H,25,26);9H,4-7H2,1-3H3,(H,10,11). The van der Waals surface area contributed by atoms with Crippen molar-refractivity contribution in [3.05, 3.63) is 69.0 Å². The molecule has 0 aliphatic rings. The largest absolute Gasteiger partial charge is 0.354 e. The molecule has 2 N–H and O–H groups in total. The van der Waals surface area contributed by atoms with Crippen LogP contribution in [0.25, 0.3) is 0 Å². The third-order valence-electron chi connectivity index (χ3n) is 6.52. The van der Waals surface area contributed by atoms with Crippen molar-refractivity contribution in [2.45, 2.75) is 104 Å². The number of amides is 2. The van der Waals surface area contributed by atoms with Gasteiger partial charge in [-0.05, 0) is 74.9 Å². The highest BCUT2D eigenvalue weighted by atomic mass is 35.5. The van der Waals surface area contributed by atoms with Crippen LogP contribution in [-0.4, -0.2) is 17.9 Å². The molecule has 0 spiro atoms. The number of benzene rings is 2. The summed E-state index contributed by atoms with van der Waals surface area (Å²) in [6.07, 6.45) is 6.05. The minimum absolute atomic E-state index is 0.0692. The number of nitrogens with one attached hydrogen (secondary N) is 2. The maximum atomic E-state index is 13.7. The lowest BCUT2D eigenvalue weighted by Gasteiger charge is -2.31. The van der Waals surface area contributed by atoms with Crippen LogP contribution in [0.1, 0.15) is 103 Å². The van der Waals surface area contributed by atoms with Crippen molar-refractivity contribution in [1.29, 1.82) is 0 Å². The van der Waals surface area contributed by atoms with Gasteiger partial charge >= 0.3 is 0 Å². The van der Waals surface area contributed by atoms with Gasteiger partial charge in [-0.1, -0.05) is 81.4 Å². The molecule has 2 atom stereocenters. The zero-order chi connectivity index (χ0) is 28.2. The van der Waals surface area contributed by atoms with Gasteiger partial charge in [-0.15, -0.1) is 0 Å². The molecule has 37 heavy (non-hydrogen) atoms. The Kier molecular flexibility index (Phi) is 14.2. The average Bonchev–Trinajstić information content (AvgIpc) is 2.83. The fraction of sp³-hybridized carbons (Fsp3) is 0.533. The molecule has 7 heteroatoms. The Morgan fingerprint density at radius 3 is 2.03 bits per heavy atom. The first kappa shape index (κ1) is 32.9. The first-order chi connectivity index (χ1) is 17.4. The second-order valence-electron chi connectivity index (χ2n) is 9.89. The molecule has 2 amide bonds. The summed E-state index contributed by atoms with van der Waals surface area (Å²) in [6.45, 7) is 13.6. The van der Waals surface area contributed by atoms with Crippen molar-refractivity contribution < 1.29 is 14.0 Å². The third kappa shape index (κ3) is 10.3. The van der Waals surface area contributed by atoms with E-state index in [2.05, 4.69) is 24.5 Å². The van der Waals surface area contributed by atoms with E-state index in [4.69, 9.17) is 23.2 Å². The number of halogens is 3. The summed E-state index contributed by atoms with van der Waals surface area (Å²) in [7, 11) is 0. The number of carbonyl (C=O) groups is 2. The van der Waals surface area contributed by atoms with Crippen molar-refractivity contribution in [3.8, 4) is 0 Å². The molecule has 0 aliphatic carbocycles. The predicted molar refractivity (Wildman–Crippen MR) is 154 cm³/mol. The monoisotopic (exact) mass is 552 g/mol. The van der Waals surface area contributed by atoms with Gasteiger partial charge in [0.25, 0.3) is 0 Å². The lowest BCUT2D eigenvalue weighted by Crippen LogP contribution is -2.43. The van der Waals surface area contributed by atoms with Gasteiger partial charge in [-0.25, -0.2) is 4.39 Å². The topological polar surface area (TPSA) is 58.2 Å². The number of hydrogen-bond donors (Lipinski definition) is 2. The molecular weight excluding hydrogens is 510 g/mol. The van der Waals surface area contributed by atoms with Crippen LogP contribution in [0.15, 0.2) is 36.4 Å². The summed E-state index contributed by atoms with van der Waals surface area (Å²) < 4.78 is 13.7. The van der Waals surface area contributed by atoms with E-state index in [9.17, 15) is 14.0 Å². The molecule has 0 heterocycles. The Morgan fingerprint density at radius 2 is 1.54 bits per heavy atom. The van der Waals surface area contributed by atoms with Crippen molar-refractivity contribution >= 4 is 35.0 Å². The number of carbonyl (C=O) groups excluding carboxylic acids is 2. The number of aryl methyl sites for hydroxylation is 1. The summed E-state index contributed by atoms with van der Waals surface area (Å²) in [5.74, 6) is -0.490. The lowest BCUT2D eigenvalue weighted by atomic mass is 9.77. The molecule has 4 nitrogen and oxygen atoms in total. The molecule has 206 valence electrons. The number of hydrogen-bond acceptors (Lipinski definition) is 2. The van der Waals surface area contributed by atoms with Gasteiger partial charge in [0.15, 0.2) is 0 Å². The van der Waals surface area contributed by atoms with Gasteiger partial charge in [0.2, 0.25) is 11.8 Å². The van der Waals surface area contributed by atoms with Crippen molar-refractivity contribution in [3.63, 3.8) is 0 Å². The minimum Gasteiger partial charge on any atom is -0.354 e. The van der Waals surface area contributed by atoms with Crippen molar-refractivity contribution in [2.75, 3.05) is 0 Å². The van der Waals surface area contributed by atoms with Gasteiger partial charge in [0, 0.05) is 18.0 Å². The van der Waals surface area contributed by atoms with Gasteiger partial charge in [-0.2, -0.15) is 0 Å². The molecule has 0 aromatic heterocycles. The van der Waals surface area contributed by atoms with Crippen LogP contribution in [0, 0.1) is 12.7 Å². The molecule has 2 aromatic rings. The normalized spacial score (nSPS) is 13.3. The third-order valence-corrected chi connectivity index (χ3v) is 7.25. The van der Waals surface area contributed by atoms with E-state index in [-0.39, 0.29) is 22.9 Å². The minimum atomic E-state index is -0.691. The van der Waals surface area contributed by atoms with Crippen molar-refractivity contribution in [1.82, 2.24) is 10.6 Å². The van der Waals surface area contributed by atoms with E-state index in [1.807, 2.05) is 45.9 Å². The molecule has 0 radical (unpaired) electrons. The van der Waals surface area contributed by atoms with Crippen LogP contribution in [0.4, 0.5) is 4.39 Å². The van der Waals surface area contributed by atoms with Crippen LogP contribution in [-0.2, 0) is 15.0 Å². The maximum Gasteiger partial charge on any atom is 0.230 e. The van der Waals surface area contributed by atoms with E-state index in [1.165, 1.54) is 12.1 Å². The Bertz CT molecular complexity index is 1020. The van der Waals surface area contributed by atoms with E-state index in [0.29, 0.717) is 23.0 Å². The number of rotatable bonds is 11. The first-order valence-corrected chi connectivity index (χ1v) is 13.9. The molecule has 0 aliphatic heterocycles. The van der Waals surface area contributed by atoms with Gasteiger partial charge in [-0.3, -0.25) is 9.59 Å². The lowest BCUT2D eigenvalue weighted by molar-refractivity contribution is -0.127. The Labute approximate surface area is 232 Å². The molecular formula is C30H43Cl2FN2O2. The van der Waals surface area contributed by atoms with Gasteiger partial charge in [0.1, 0.15) is 5.82 Å². The fourth-order valence-corrected chi connectivity index (χ4v) is 4.61. The summed E-state index contributed by atoms with van der Waals surface area (Å²) >= 11 is 11.9. The summed E-state index contributed by atoms with van der Waals surface area (Å²) in [5, 5.41) is 6.71. The Hall–Kier alpha value is -2.11.